The van der Waals surface area contributed by atoms with E-state index < -0.39 is 5.60 Å². The monoisotopic (exact) mass is 282 g/mol. The SMILES string of the molecule is CCC(C)N(CC(=O)OC(C)(C)C)Cc1cc(C)on1. The average molecular weight is 282 g/mol. The molecule has 0 spiro atoms. The van der Waals surface area contributed by atoms with Gasteiger partial charge in [0.2, 0.25) is 0 Å². The van der Waals surface area contributed by atoms with Crippen molar-refractivity contribution in [2.75, 3.05) is 6.54 Å². The van der Waals surface area contributed by atoms with Crippen LogP contribution in [0.25, 0.3) is 0 Å². The number of hydrogen-bond donors (Lipinski definition) is 0. The second-order valence-electron chi connectivity index (χ2n) is 6.18. The fraction of sp³-hybridized carbons (Fsp3) is 0.733. The molecule has 0 saturated heterocycles. The minimum atomic E-state index is -0.456. The first-order valence-electron chi connectivity index (χ1n) is 7.09. The van der Waals surface area contributed by atoms with Crippen molar-refractivity contribution in [3.8, 4) is 0 Å². The summed E-state index contributed by atoms with van der Waals surface area (Å²) in [6.45, 7) is 12.5. The molecule has 1 aromatic heterocycles. The lowest BCUT2D eigenvalue weighted by molar-refractivity contribution is -0.156. The van der Waals surface area contributed by atoms with Gasteiger partial charge in [-0.05, 0) is 41.0 Å². The van der Waals surface area contributed by atoms with E-state index in [4.69, 9.17) is 9.26 Å². The Morgan fingerprint density at radius 1 is 1.50 bits per heavy atom. The summed E-state index contributed by atoms with van der Waals surface area (Å²) < 4.78 is 10.5. The maximum atomic E-state index is 12.0. The lowest BCUT2D eigenvalue weighted by atomic mass is 10.2. The van der Waals surface area contributed by atoms with Gasteiger partial charge in [0.25, 0.3) is 0 Å². The maximum absolute atomic E-state index is 12.0. The zero-order valence-corrected chi connectivity index (χ0v) is 13.4. The first kappa shape index (κ1) is 16.7. The van der Waals surface area contributed by atoms with E-state index in [1.807, 2.05) is 33.8 Å². The average Bonchev–Trinajstić information content (AvgIpc) is 2.70. The highest BCUT2D eigenvalue weighted by Gasteiger charge is 2.22. The van der Waals surface area contributed by atoms with E-state index in [0.29, 0.717) is 6.54 Å². The van der Waals surface area contributed by atoms with Gasteiger partial charge in [-0.25, -0.2) is 0 Å². The second kappa shape index (κ2) is 6.88. The molecule has 0 aliphatic carbocycles. The Kier molecular flexibility index (Phi) is 5.74. The van der Waals surface area contributed by atoms with Crippen LogP contribution in [0.1, 0.15) is 52.5 Å². The predicted molar refractivity (Wildman–Crippen MR) is 77.2 cm³/mol. The summed E-state index contributed by atoms with van der Waals surface area (Å²) in [5.41, 5.74) is 0.384. The van der Waals surface area contributed by atoms with Gasteiger partial charge in [0.1, 0.15) is 11.4 Å². The van der Waals surface area contributed by atoms with E-state index in [2.05, 4.69) is 23.9 Å². The molecule has 1 unspecified atom stereocenters. The molecule has 0 bridgehead atoms. The minimum Gasteiger partial charge on any atom is -0.459 e. The molecular formula is C15H26N2O3. The van der Waals surface area contributed by atoms with Crippen LogP contribution in [0.3, 0.4) is 0 Å². The normalized spacial score (nSPS) is 13.6. The molecule has 1 atom stereocenters. The Morgan fingerprint density at radius 3 is 2.60 bits per heavy atom. The zero-order chi connectivity index (χ0) is 15.3. The van der Waals surface area contributed by atoms with Crippen LogP contribution in [-0.4, -0.2) is 34.2 Å². The Hall–Kier alpha value is -1.36. The molecular weight excluding hydrogens is 256 g/mol. The second-order valence-corrected chi connectivity index (χ2v) is 6.18. The molecule has 114 valence electrons. The fourth-order valence-electron chi connectivity index (χ4n) is 1.87. The summed E-state index contributed by atoms with van der Waals surface area (Å²) in [5, 5.41) is 3.99. The Bertz CT molecular complexity index is 435. The number of aryl methyl sites for hydroxylation is 1. The number of rotatable bonds is 6. The van der Waals surface area contributed by atoms with Crippen LogP contribution < -0.4 is 0 Å². The number of esters is 1. The maximum Gasteiger partial charge on any atom is 0.320 e. The third-order valence-corrected chi connectivity index (χ3v) is 3.01. The third-order valence-electron chi connectivity index (χ3n) is 3.01. The van der Waals surface area contributed by atoms with Gasteiger partial charge in [-0.15, -0.1) is 0 Å². The van der Waals surface area contributed by atoms with Gasteiger partial charge < -0.3 is 9.26 Å². The molecule has 0 aliphatic heterocycles. The van der Waals surface area contributed by atoms with Crippen molar-refractivity contribution < 1.29 is 14.1 Å². The van der Waals surface area contributed by atoms with Gasteiger partial charge >= 0.3 is 5.97 Å². The summed E-state index contributed by atoms with van der Waals surface area (Å²) in [6.07, 6.45) is 0.958. The van der Waals surface area contributed by atoms with Gasteiger partial charge in [-0.3, -0.25) is 9.69 Å². The molecule has 0 N–H and O–H groups in total. The van der Waals surface area contributed by atoms with Crippen LogP contribution in [0, 0.1) is 6.92 Å². The Labute approximate surface area is 121 Å². The molecule has 0 aliphatic rings. The van der Waals surface area contributed by atoms with Crippen LogP contribution in [-0.2, 0) is 16.1 Å². The first-order chi connectivity index (χ1) is 9.21. The van der Waals surface area contributed by atoms with Crippen molar-refractivity contribution in [1.82, 2.24) is 10.1 Å². The Morgan fingerprint density at radius 2 is 2.15 bits per heavy atom. The quantitative estimate of drug-likeness (QED) is 0.751. The van der Waals surface area contributed by atoms with Crippen molar-refractivity contribution in [1.29, 1.82) is 0 Å². The van der Waals surface area contributed by atoms with Crippen molar-refractivity contribution in [2.45, 2.75) is 66.2 Å². The summed E-state index contributed by atoms with van der Waals surface area (Å²) in [7, 11) is 0. The van der Waals surface area contributed by atoms with Gasteiger partial charge in [-0.1, -0.05) is 12.1 Å². The Balaban J connectivity index is 2.67. The molecule has 0 saturated carbocycles. The third kappa shape index (κ3) is 5.74. The van der Waals surface area contributed by atoms with Crippen LogP contribution in [0.4, 0.5) is 0 Å². The number of carbonyl (C=O) groups is 1. The standard InChI is InChI=1S/C15H26N2O3/c1-7-11(2)17(9-13-8-12(3)20-16-13)10-14(18)19-15(4,5)6/h8,11H,7,9-10H2,1-6H3. The summed E-state index contributed by atoms with van der Waals surface area (Å²) in [5.74, 6) is 0.569. The highest BCUT2D eigenvalue weighted by molar-refractivity contribution is 5.72. The lowest BCUT2D eigenvalue weighted by Gasteiger charge is -2.28. The van der Waals surface area contributed by atoms with E-state index in [1.165, 1.54) is 0 Å². The van der Waals surface area contributed by atoms with E-state index in [0.717, 1.165) is 17.9 Å². The van der Waals surface area contributed by atoms with Crippen LogP contribution in [0.15, 0.2) is 10.6 Å². The largest absolute Gasteiger partial charge is 0.459 e. The molecule has 1 rings (SSSR count). The van der Waals surface area contributed by atoms with E-state index in [9.17, 15) is 4.79 Å². The highest BCUT2D eigenvalue weighted by Crippen LogP contribution is 2.13. The van der Waals surface area contributed by atoms with Gasteiger partial charge in [0, 0.05) is 18.7 Å². The highest BCUT2D eigenvalue weighted by atomic mass is 16.6. The number of nitrogens with zero attached hydrogens (tertiary/aromatic N) is 2. The zero-order valence-electron chi connectivity index (χ0n) is 13.4. The smallest absolute Gasteiger partial charge is 0.320 e. The molecule has 0 amide bonds. The number of aromatic nitrogens is 1. The predicted octanol–water partition coefficient (Wildman–Crippen LogP) is 2.93. The molecule has 1 aromatic rings. The van der Waals surface area contributed by atoms with E-state index in [-0.39, 0.29) is 18.6 Å². The van der Waals surface area contributed by atoms with Crippen LogP contribution in [0.5, 0.6) is 0 Å². The van der Waals surface area contributed by atoms with Crippen LogP contribution in [0.2, 0.25) is 0 Å². The summed E-state index contributed by atoms with van der Waals surface area (Å²) in [4.78, 5) is 14.0. The topological polar surface area (TPSA) is 55.6 Å². The number of ether oxygens (including phenoxy) is 1. The molecule has 20 heavy (non-hydrogen) atoms. The fourth-order valence-corrected chi connectivity index (χ4v) is 1.87. The minimum absolute atomic E-state index is 0.210. The van der Waals surface area contributed by atoms with E-state index in [1.54, 1.807) is 0 Å². The first-order valence-corrected chi connectivity index (χ1v) is 7.09. The van der Waals surface area contributed by atoms with Crippen molar-refractivity contribution >= 4 is 5.97 Å². The van der Waals surface area contributed by atoms with Gasteiger partial charge in [0.15, 0.2) is 0 Å². The molecule has 5 heteroatoms. The summed E-state index contributed by atoms with van der Waals surface area (Å²) >= 11 is 0. The number of hydrogen-bond acceptors (Lipinski definition) is 5. The molecule has 5 nitrogen and oxygen atoms in total. The molecule has 0 radical (unpaired) electrons. The molecule has 0 aromatic carbocycles. The van der Waals surface area contributed by atoms with Crippen molar-refractivity contribution in [2.24, 2.45) is 0 Å². The summed E-state index contributed by atoms with van der Waals surface area (Å²) in [6, 6.07) is 2.17. The van der Waals surface area contributed by atoms with E-state index >= 15 is 0 Å². The van der Waals surface area contributed by atoms with Crippen LogP contribution >= 0.6 is 0 Å². The number of carbonyl (C=O) groups excluding carboxylic acids is 1. The molecule has 1 heterocycles. The van der Waals surface area contributed by atoms with Gasteiger partial charge in [0.05, 0.1) is 12.2 Å². The van der Waals surface area contributed by atoms with Crippen molar-refractivity contribution in [3.05, 3.63) is 17.5 Å². The van der Waals surface area contributed by atoms with Gasteiger partial charge in [-0.2, -0.15) is 0 Å². The lowest BCUT2D eigenvalue weighted by Crippen LogP contribution is -2.39. The molecule has 0 fully saturated rings. The van der Waals surface area contributed by atoms with Crippen molar-refractivity contribution in [3.63, 3.8) is 0 Å².